The predicted octanol–water partition coefficient (Wildman–Crippen LogP) is 6.11. The van der Waals surface area contributed by atoms with E-state index in [2.05, 4.69) is 5.32 Å². The Morgan fingerprint density at radius 3 is 1.76 bits per heavy atom. The number of hydrogen-bond donors (Lipinski definition) is 1. The van der Waals surface area contributed by atoms with Crippen LogP contribution in [0.4, 0.5) is 14.4 Å². The first kappa shape index (κ1) is 36.5. The number of nitrogens with one attached hydrogen (secondary N) is 1. The summed E-state index contributed by atoms with van der Waals surface area (Å²) in [4.78, 5) is 49.3. The number of esters is 1. The Bertz CT molecular complexity index is 999. The minimum Gasteiger partial charge on any atom is -0.468 e. The van der Waals surface area contributed by atoms with Gasteiger partial charge in [0.2, 0.25) is 0 Å². The molecule has 5 atom stereocenters. The summed E-state index contributed by atoms with van der Waals surface area (Å²) in [5.41, 5.74) is 0.548. The Hall–Kier alpha value is -3.54. The zero-order valence-electron chi connectivity index (χ0n) is 26.1. The molecule has 1 rings (SSSR count). The SMILES string of the molecule is CCCC(C)OC(=O)Oc1ccc(C[C@H](NCC(C)OC(=O)OC(C)CC)C(=O)OC)cc1OC(=O)OC(C)CCC. The molecule has 238 valence electrons. The van der Waals surface area contributed by atoms with Gasteiger partial charge >= 0.3 is 24.4 Å². The normalized spacial score (nSPS) is 14.4. The van der Waals surface area contributed by atoms with Crippen LogP contribution in [-0.2, 0) is 34.9 Å². The molecule has 0 saturated carbocycles. The van der Waals surface area contributed by atoms with Crippen LogP contribution < -0.4 is 14.8 Å². The molecule has 42 heavy (non-hydrogen) atoms. The number of ether oxygens (including phenoxy) is 7. The molecule has 0 saturated heterocycles. The van der Waals surface area contributed by atoms with Gasteiger partial charge < -0.3 is 38.5 Å². The second kappa shape index (κ2) is 19.6. The van der Waals surface area contributed by atoms with Crippen LogP contribution in [0.25, 0.3) is 0 Å². The van der Waals surface area contributed by atoms with Crippen molar-refractivity contribution in [2.45, 2.75) is 117 Å². The van der Waals surface area contributed by atoms with Crippen molar-refractivity contribution in [2.75, 3.05) is 13.7 Å². The Labute approximate surface area is 248 Å². The van der Waals surface area contributed by atoms with Crippen molar-refractivity contribution >= 4 is 24.4 Å². The summed E-state index contributed by atoms with van der Waals surface area (Å²) in [6.07, 6.45) is -0.658. The molecular formula is C30H47NO11. The summed E-state index contributed by atoms with van der Waals surface area (Å²) < 4.78 is 36.6. The van der Waals surface area contributed by atoms with Crippen LogP contribution in [0.1, 0.15) is 86.1 Å². The van der Waals surface area contributed by atoms with Crippen LogP contribution in [0.15, 0.2) is 18.2 Å². The van der Waals surface area contributed by atoms with Gasteiger partial charge in [-0.1, -0.05) is 39.7 Å². The number of carbonyl (C=O) groups is 4. The number of methoxy groups -OCH3 is 1. The Balaban J connectivity index is 3.08. The first-order chi connectivity index (χ1) is 19.9. The molecule has 0 bridgehead atoms. The molecule has 0 heterocycles. The van der Waals surface area contributed by atoms with Gasteiger partial charge in [0.25, 0.3) is 0 Å². The second-order valence-corrected chi connectivity index (χ2v) is 10.1. The van der Waals surface area contributed by atoms with Crippen LogP contribution >= 0.6 is 0 Å². The lowest BCUT2D eigenvalue weighted by atomic mass is 10.0. The Kier molecular flexibility index (Phi) is 17.0. The van der Waals surface area contributed by atoms with E-state index in [9.17, 15) is 19.2 Å². The van der Waals surface area contributed by atoms with E-state index < -0.39 is 36.6 Å². The molecule has 0 fully saturated rings. The highest BCUT2D eigenvalue weighted by Gasteiger charge is 2.24. The van der Waals surface area contributed by atoms with E-state index in [0.29, 0.717) is 24.8 Å². The fourth-order valence-electron chi connectivity index (χ4n) is 3.74. The molecule has 4 unspecified atom stereocenters. The molecule has 0 spiro atoms. The monoisotopic (exact) mass is 597 g/mol. The third-order valence-corrected chi connectivity index (χ3v) is 6.13. The minimum atomic E-state index is -0.969. The number of carbonyl (C=O) groups excluding carboxylic acids is 4. The lowest BCUT2D eigenvalue weighted by molar-refractivity contribution is -0.143. The van der Waals surface area contributed by atoms with E-state index in [1.807, 2.05) is 20.8 Å². The van der Waals surface area contributed by atoms with Crippen LogP contribution in [0.5, 0.6) is 11.5 Å². The van der Waals surface area contributed by atoms with Gasteiger partial charge in [-0.2, -0.15) is 0 Å². The summed E-state index contributed by atoms with van der Waals surface area (Å²) in [7, 11) is 1.25. The van der Waals surface area contributed by atoms with E-state index in [-0.39, 0.29) is 42.8 Å². The lowest BCUT2D eigenvalue weighted by Gasteiger charge is -2.21. The van der Waals surface area contributed by atoms with E-state index in [1.54, 1.807) is 33.8 Å². The molecule has 0 aliphatic rings. The fourth-order valence-corrected chi connectivity index (χ4v) is 3.74. The summed E-state index contributed by atoms with van der Waals surface area (Å²) in [5, 5.41) is 3.03. The maximum absolute atomic E-state index is 12.5. The summed E-state index contributed by atoms with van der Waals surface area (Å²) in [6, 6.07) is 3.66. The molecule has 12 heteroatoms. The molecule has 0 amide bonds. The fraction of sp³-hybridized carbons (Fsp3) is 0.667. The first-order valence-corrected chi connectivity index (χ1v) is 14.5. The molecular weight excluding hydrogens is 550 g/mol. The third kappa shape index (κ3) is 14.4. The van der Waals surface area contributed by atoms with Crippen LogP contribution in [0.2, 0.25) is 0 Å². The van der Waals surface area contributed by atoms with Crippen molar-refractivity contribution < 1.29 is 52.3 Å². The van der Waals surface area contributed by atoms with Crippen molar-refractivity contribution in [1.82, 2.24) is 5.32 Å². The van der Waals surface area contributed by atoms with Crippen molar-refractivity contribution in [3.05, 3.63) is 23.8 Å². The van der Waals surface area contributed by atoms with Gasteiger partial charge in [0.15, 0.2) is 11.5 Å². The topological polar surface area (TPSA) is 145 Å². The highest BCUT2D eigenvalue weighted by atomic mass is 16.8. The van der Waals surface area contributed by atoms with Crippen LogP contribution in [-0.4, -0.2) is 68.5 Å². The minimum absolute atomic E-state index is 0.0584. The standard InChI is InChI=1S/C30H47NO11/c1-9-12-20(5)38-29(34)41-25-15-14-23(17-26(25)42-30(35)39-21(6)13-10-2)16-24(27(32)36-8)31-18-22(7)40-28(33)37-19(4)11-3/h14-15,17,19-22,24,31H,9-13,16,18H2,1-8H3/t19?,20?,21?,22?,24-/m0/s1. The molecule has 0 aromatic heterocycles. The van der Waals surface area contributed by atoms with E-state index in [0.717, 1.165) is 12.8 Å². The van der Waals surface area contributed by atoms with Crippen molar-refractivity contribution in [2.24, 2.45) is 0 Å². The molecule has 1 N–H and O–H groups in total. The van der Waals surface area contributed by atoms with Crippen molar-refractivity contribution in [3.63, 3.8) is 0 Å². The smallest absolute Gasteiger partial charge is 0.468 e. The quantitative estimate of drug-likeness (QED) is 0.126. The highest BCUT2D eigenvalue weighted by Crippen LogP contribution is 2.30. The van der Waals surface area contributed by atoms with E-state index in [1.165, 1.54) is 19.2 Å². The molecule has 1 aromatic rings. The van der Waals surface area contributed by atoms with Gasteiger partial charge in [0.1, 0.15) is 30.5 Å². The summed E-state index contributed by atoms with van der Waals surface area (Å²) in [5.74, 6) is -0.708. The van der Waals surface area contributed by atoms with Gasteiger partial charge in [-0.25, -0.2) is 14.4 Å². The zero-order chi connectivity index (χ0) is 31.7. The molecule has 0 radical (unpaired) electrons. The average Bonchev–Trinajstić information content (AvgIpc) is 2.91. The third-order valence-electron chi connectivity index (χ3n) is 6.13. The number of benzene rings is 1. The predicted molar refractivity (Wildman–Crippen MR) is 154 cm³/mol. The highest BCUT2D eigenvalue weighted by molar-refractivity contribution is 5.76. The summed E-state index contributed by atoms with van der Waals surface area (Å²) >= 11 is 0. The maximum atomic E-state index is 12.5. The molecule has 12 nitrogen and oxygen atoms in total. The largest absolute Gasteiger partial charge is 0.514 e. The van der Waals surface area contributed by atoms with Gasteiger partial charge in [0, 0.05) is 6.54 Å². The van der Waals surface area contributed by atoms with Gasteiger partial charge in [0.05, 0.1) is 7.11 Å². The van der Waals surface area contributed by atoms with E-state index >= 15 is 0 Å². The molecule has 0 aliphatic heterocycles. The number of hydrogen-bond acceptors (Lipinski definition) is 12. The van der Waals surface area contributed by atoms with E-state index in [4.69, 9.17) is 33.2 Å². The second-order valence-electron chi connectivity index (χ2n) is 10.1. The Morgan fingerprint density at radius 2 is 1.24 bits per heavy atom. The number of rotatable bonds is 17. The first-order valence-electron chi connectivity index (χ1n) is 14.5. The maximum Gasteiger partial charge on any atom is 0.514 e. The molecule has 1 aromatic carbocycles. The van der Waals surface area contributed by atoms with Crippen LogP contribution in [0.3, 0.4) is 0 Å². The molecule has 0 aliphatic carbocycles. The Morgan fingerprint density at radius 1 is 0.714 bits per heavy atom. The lowest BCUT2D eigenvalue weighted by Crippen LogP contribution is -2.43. The average molecular weight is 598 g/mol. The van der Waals surface area contributed by atoms with Gasteiger partial charge in [-0.05, 0) is 71.1 Å². The van der Waals surface area contributed by atoms with Crippen LogP contribution in [0, 0.1) is 0 Å². The van der Waals surface area contributed by atoms with Gasteiger partial charge in [-0.3, -0.25) is 4.79 Å². The van der Waals surface area contributed by atoms with Crippen molar-refractivity contribution in [3.8, 4) is 11.5 Å². The zero-order valence-corrected chi connectivity index (χ0v) is 26.1. The van der Waals surface area contributed by atoms with Crippen molar-refractivity contribution in [1.29, 1.82) is 0 Å². The summed E-state index contributed by atoms with van der Waals surface area (Å²) in [6.45, 7) is 12.8. The van der Waals surface area contributed by atoms with Gasteiger partial charge in [-0.15, -0.1) is 0 Å².